The molecule has 0 spiro atoms. The van der Waals surface area contributed by atoms with Crippen molar-refractivity contribution in [3.8, 4) is 33.4 Å². The highest BCUT2D eigenvalue weighted by Crippen LogP contribution is 2.56. The van der Waals surface area contributed by atoms with Crippen molar-refractivity contribution in [1.29, 1.82) is 0 Å². The number of para-hydroxylation sites is 2. The van der Waals surface area contributed by atoms with Gasteiger partial charge in [0.2, 0.25) is 0 Å². The first-order valence-corrected chi connectivity index (χ1v) is 28.7. The third kappa shape index (κ3) is 9.40. The summed E-state index contributed by atoms with van der Waals surface area (Å²) in [5.74, 6) is 0. The number of anilines is 6. The van der Waals surface area contributed by atoms with E-state index in [9.17, 15) is 0 Å². The summed E-state index contributed by atoms with van der Waals surface area (Å²) < 4.78 is 26.2. The monoisotopic (exact) mass is 1050 g/mol. The molecule has 8 heteroatoms. The molecule has 2 heterocycles. The number of nitrogens with zero attached hydrogens (tertiary/aromatic N) is 2. The Hall–Kier alpha value is -7.45. The molecule has 0 N–H and O–H groups in total. The van der Waals surface area contributed by atoms with Gasteiger partial charge in [0.1, 0.15) is 0 Å². The van der Waals surface area contributed by atoms with E-state index in [4.69, 9.17) is 18.6 Å². The molecule has 9 aromatic rings. The minimum Gasteiger partial charge on any atom is -0.399 e. The molecular weight excluding hydrogens is 978 g/mol. The zero-order valence-corrected chi connectivity index (χ0v) is 48.1. The standard InChI is InChI=1S/C72H72B2N2O4/c1-11-12-23-50-32-34-53(35-33-50)72(10)64-46-44-58(75(66-30-21-19-28-60(66)51-24-15-13-16-25-51)56-40-36-54(37-41-56)73-77-68(2,3)69(4,5)78-73)48-62(64)63-49-59(45-47-65(63)72)76(67-31-22-20-29-61(67)52-26-17-14-18-27-52)57-42-38-55(39-43-57)74-79-70(6,7)71(8,9)80-74/h13-22,24-49H,11-12,23H2,1-10H3. The number of rotatable bonds is 14. The average Bonchev–Trinajstić information content (AvgIpc) is 4.13. The van der Waals surface area contributed by atoms with E-state index in [1.54, 1.807) is 0 Å². The van der Waals surface area contributed by atoms with E-state index in [2.05, 4.69) is 297 Å². The molecule has 3 aliphatic rings. The molecule has 2 aliphatic heterocycles. The zero-order valence-electron chi connectivity index (χ0n) is 48.1. The number of unbranched alkanes of at least 4 members (excludes halogenated alkanes) is 1. The van der Waals surface area contributed by atoms with Gasteiger partial charge in [-0.2, -0.15) is 0 Å². The lowest BCUT2D eigenvalue weighted by atomic mass is 9.74. The second-order valence-corrected chi connectivity index (χ2v) is 24.2. The van der Waals surface area contributed by atoms with E-state index in [1.165, 1.54) is 46.2 Å². The van der Waals surface area contributed by atoms with Gasteiger partial charge >= 0.3 is 14.2 Å². The Morgan fingerprint density at radius 1 is 0.362 bits per heavy atom. The van der Waals surface area contributed by atoms with Crippen LogP contribution in [-0.4, -0.2) is 36.6 Å². The van der Waals surface area contributed by atoms with Crippen molar-refractivity contribution in [2.24, 2.45) is 0 Å². The molecule has 2 fully saturated rings. The van der Waals surface area contributed by atoms with E-state index in [0.717, 1.165) is 73.7 Å². The van der Waals surface area contributed by atoms with E-state index >= 15 is 0 Å². The molecule has 6 nitrogen and oxygen atoms in total. The summed E-state index contributed by atoms with van der Waals surface area (Å²) in [6.07, 6.45) is 3.41. The molecule has 0 bridgehead atoms. The van der Waals surface area contributed by atoms with Crippen LogP contribution in [0.3, 0.4) is 0 Å². The summed E-state index contributed by atoms with van der Waals surface area (Å²) in [5, 5.41) is 0. The van der Waals surface area contributed by atoms with E-state index in [1.807, 2.05) is 0 Å². The average molecular weight is 1050 g/mol. The molecule has 2 saturated heterocycles. The van der Waals surface area contributed by atoms with Crippen LogP contribution in [0.5, 0.6) is 0 Å². The van der Waals surface area contributed by atoms with Gasteiger partial charge in [-0.25, -0.2) is 0 Å². The summed E-state index contributed by atoms with van der Waals surface area (Å²) in [7, 11) is -0.953. The van der Waals surface area contributed by atoms with Crippen molar-refractivity contribution in [3.63, 3.8) is 0 Å². The van der Waals surface area contributed by atoms with Crippen molar-refractivity contribution in [3.05, 3.63) is 241 Å². The van der Waals surface area contributed by atoms with Crippen molar-refractivity contribution in [1.82, 2.24) is 0 Å². The topological polar surface area (TPSA) is 43.4 Å². The Balaban J connectivity index is 1.04. The van der Waals surface area contributed by atoms with Crippen molar-refractivity contribution in [2.75, 3.05) is 9.80 Å². The first-order chi connectivity index (χ1) is 38.5. The molecule has 0 amide bonds. The maximum atomic E-state index is 6.56. The first-order valence-electron chi connectivity index (χ1n) is 28.7. The van der Waals surface area contributed by atoms with Gasteiger partial charge in [-0.15, -0.1) is 0 Å². The molecule has 0 aromatic heterocycles. The van der Waals surface area contributed by atoms with Crippen LogP contribution in [0.4, 0.5) is 34.1 Å². The summed E-state index contributed by atoms with van der Waals surface area (Å²) in [5.41, 5.74) is 18.1. The van der Waals surface area contributed by atoms with Crippen LogP contribution in [0.2, 0.25) is 0 Å². The largest absolute Gasteiger partial charge is 0.494 e. The third-order valence-electron chi connectivity index (χ3n) is 18.1. The number of hydrogen-bond donors (Lipinski definition) is 0. The van der Waals surface area contributed by atoms with Gasteiger partial charge in [-0.3, -0.25) is 0 Å². The van der Waals surface area contributed by atoms with E-state index < -0.39 is 42.1 Å². The van der Waals surface area contributed by atoms with Gasteiger partial charge < -0.3 is 28.4 Å². The fourth-order valence-electron chi connectivity index (χ4n) is 11.9. The van der Waals surface area contributed by atoms with Crippen LogP contribution in [0.15, 0.2) is 218 Å². The lowest BCUT2D eigenvalue weighted by Gasteiger charge is -2.32. The number of fused-ring (bicyclic) bond motifs is 3. The molecule has 12 rings (SSSR count). The maximum Gasteiger partial charge on any atom is 0.494 e. The fourth-order valence-corrected chi connectivity index (χ4v) is 11.9. The molecule has 0 radical (unpaired) electrons. The number of aryl methyl sites for hydroxylation is 1. The van der Waals surface area contributed by atoms with Gasteiger partial charge in [0.25, 0.3) is 0 Å². The second-order valence-electron chi connectivity index (χ2n) is 24.2. The zero-order chi connectivity index (χ0) is 55.6. The molecule has 1 aliphatic carbocycles. The Morgan fingerprint density at radius 2 is 0.725 bits per heavy atom. The Bertz CT molecular complexity index is 3440. The summed E-state index contributed by atoms with van der Waals surface area (Å²) in [4.78, 5) is 4.84. The van der Waals surface area contributed by atoms with Crippen molar-refractivity contribution in [2.45, 2.75) is 116 Å². The van der Waals surface area contributed by atoms with E-state index in [0.29, 0.717) is 0 Å². The van der Waals surface area contributed by atoms with Crippen molar-refractivity contribution >= 4 is 59.3 Å². The Morgan fingerprint density at radius 3 is 1.11 bits per heavy atom. The van der Waals surface area contributed by atoms with Crippen LogP contribution in [0.1, 0.15) is 104 Å². The van der Waals surface area contributed by atoms with Crippen LogP contribution in [-0.2, 0) is 30.5 Å². The first kappa shape index (κ1) is 53.2. The quantitative estimate of drug-likeness (QED) is 0.101. The van der Waals surface area contributed by atoms with Gasteiger partial charge in [-0.1, -0.05) is 171 Å². The molecule has 400 valence electrons. The minimum atomic E-state index is -0.476. The van der Waals surface area contributed by atoms with Crippen LogP contribution in [0.25, 0.3) is 33.4 Å². The SMILES string of the molecule is CCCCc1ccc(C2(C)c3ccc(N(c4ccc(B5OC(C)(C)C(C)(C)O5)cc4)c4ccccc4-c4ccccc4)cc3-c3cc(N(c4ccc(B5OC(C)(C)C(C)(C)O5)cc4)c4ccccc4-c4ccccc4)ccc32)cc1. The van der Waals surface area contributed by atoms with Gasteiger partial charge in [0, 0.05) is 39.3 Å². The Kier molecular flexibility index (Phi) is 13.7. The lowest BCUT2D eigenvalue weighted by Crippen LogP contribution is -2.41. The predicted octanol–water partition coefficient (Wildman–Crippen LogP) is 17.2. The maximum absolute atomic E-state index is 6.56. The predicted molar refractivity (Wildman–Crippen MR) is 334 cm³/mol. The smallest absolute Gasteiger partial charge is 0.399 e. The molecule has 0 unspecified atom stereocenters. The highest BCUT2D eigenvalue weighted by molar-refractivity contribution is 6.62. The molecule has 80 heavy (non-hydrogen) atoms. The van der Waals surface area contributed by atoms with Gasteiger partial charge in [0.05, 0.1) is 33.8 Å². The molecule has 0 saturated carbocycles. The lowest BCUT2D eigenvalue weighted by molar-refractivity contribution is 0.00578. The number of hydrogen-bond acceptors (Lipinski definition) is 6. The normalized spacial score (nSPS) is 17.0. The summed E-state index contributed by atoms with van der Waals surface area (Å²) in [6, 6.07) is 80.2. The van der Waals surface area contributed by atoms with Gasteiger partial charge in [0.15, 0.2) is 0 Å². The highest BCUT2D eigenvalue weighted by atomic mass is 16.7. The fraction of sp³-hybridized carbons (Fsp3) is 0.250. The van der Waals surface area contributed by atoms with Crippen LogP contribution < -0.4 is 20.7 Å². The molecule has 9 aromatic carbocycles. The summed E-state index contributed by atoms with van der Waals surface area (Å²) in [6.45, 7) is 21.5. The van der Waals surface area contributed by atoms with Crippen LogP contribution in [0, 0.1) is 0 Å². The van der Waals surface area contributed by atoms with E-state index in [-0.39, 0.29) is 0 Å². The number of benzene rings is 9. The summed E-state index contributed by atoms with van der Waals surface area (Å²) >= 11 is 0. The molecular formula is C72H72B2N2O4. The second kappa shape index (κ2) is 20.6. The van der Waals surface area contributed by atoms with Gasteiger partial charge in [-0.05, 0) is 191 Å². The van der Waals surface area contributed by atoms with Crippen LogP contribution >= 0.6 is 0 Å². The Labute approximate surface area is 475 Å². The minimum absolute atomic E-state index is 0.453. The molecule has 0 atom stereocenters. The highest BCUT2D eigenvalue weighted by Gasteiger charge is 2.53. The van der Waals surface area contributed by atoms with Crippen molar-refractivity contribution < 1.29 is 18.6 Å². The third-order valence-corrected chi connectivity index (χ3v) is 18.1.